The number of methoxy groups -OCH3 is 1. The van der Waals surface area contributed by atoms with Crippen LogP contribution in [0.1, 0.15) is 11.1 Å². The maximum absolute atomic E-state index is 12.5. The van der Waals surface area contributed by atoms with Gasteiger partial charge in [-0.2, -0.15) is 0 Å². The number of thioether (sulfide) groups is 1. The van der Waals surface area contributed by atoms with Crippen LogP contribution in [0.5, 0.6) is 5.75 Å². The zero-order valence-electron chi connectivity index (χ0n) is 15.6. The van der Waals surface area contributed by atoms with E-state index in [-0.39, 0.29) is 24.3 Å². The Morgan fingerprint density at radius 3 is 2.47 bits per heavy atom. The Kier molecular flexibility index (Phi) is 8.29. The van der Waals surface area contributed by atoms with Gasteiger partial charge < -0.3 is 9.47 Å². The Hall–Kier alpha value is -1.03. The van der Waals surface area contributed by atoms with Crippen molar-refractivity contribution in [2.45, 2.75) is 6.61 Å². The third-order valence-electron chi connectivity index (χ3n) is 4.10. The van der Waals surface area contributed by atoms with E-state index in [0.29, 0.717) is 36.3 Å². The van der Waals surface area contributed by atoms with E-state index in [1.165, 1.54) is 12.0 Å². The minimum atomic E-state index is -0.327. The van der Waals surface area contributed by atoms with Crippen LogP contribution in [0.15, 0.2) is 44.2 Å². The summed E-state index contributed by atoms with van der Waals surface area (Å²) in [5, 5.41) is 0.777. The Bertz CT molecular complexity index is 1010. The van der Waals surface area contributed by atoms with Crippen molar-refractivity contribution in [3.05, 3.63) is 65.4 Å². The van der Waals surface area contributed by atoms with Crippen molar-refractivity contribution in [2.75, 3.05) is 20.3 Å². The molecule has 0 spiro atoms. The molecular formula is C20H15Br2Cl2NO4S. The van der Waals surface area contributed by atoms with Gasteiger partial charge in [0.05, 0.1) is 27.0 Å². The van der Waals surface area contributed by atoms with Crippen molar-refractivity contribution in [2.24, 2.45) is 0 Å². The summed E-state index contributed by atoms with van der Waals surface area (Å²) in [5.74, 6) is 0.262. The summed E-state index contributed by atoms with van der Waals surface area (Å²) in [7, 11) is 1.52. The minimum absolute atomic E-state index is 0.228. The number of carbonyl (C=O) groups excluding carboxylic acids is 2. The molecule has 2 amide bonds. The summed E-state index contributed by atoms with van der Waals surface area (Å²) in [5.41, 5.74) is 1.54. The second-order valence-electron chi connectivity index (χ2n) is 6.16. The molecule has 1 heterocycles. The van der Waals surface area contributed by atoms with Gasteiger partial charge in [0.1, 0.15) is 12.4 Å². The van der Waals surface area contributed by atoms with E-state index in [1.54, 1.807) is 24.3 Å². The maximum Gasteiger partial charge on any atom is 0.293 e. The van der Waals surface area contributed by atoms with Crippen molar-refractivity contribution in [1.82, 2.24) is 4.90 Å². The Balaban J connectivity index is 1.77. The lowest BCUT2D eigenvalue weighted by Crippen LogP contribution is -2.31. The molecule has 1 saturated heterocycles. The van der Waals surface area contributed by atoms with Crippen LogP contribution in [-0.4, -0.2) is 36.3 Å². The van der Waals surface area contributed by atoms with Gasteiger partial charge in [-0.05, 0) is 79.5 Å². The molecule has 0 unspecified atom stereocenters. The predicted octanol–water partition coefficient (Wildman–Crippen LogP) is 6.78. The summed E-state index contributed by atoms with van der Waals surface area (Å²) in [6.45, 7) is 0.781. The number of hydrogen-bond donors (Lipinski definition) is 0. The molecule has 5 nitrogen and oxygen atoms in total. The number of halogens is 4. The van der Waals surface area contributed by atoms with Gasteiger partial charge in [-0.25, -0.2) is 0 Å². The number of rotatable bonds is 7. The lowest BCUT2D eigenvalue weighted by Gasteiger charge is -2.13. The van der Waals surface area contributed by atoms with Crippen LogP contribution in [0, 0.1) is 0 Å². The smallest absolute Gasteiger partial charge is 0.293 e. The highest BCUT2D eigenvalue weighted by Crippen LogP contribution is 2.38. The Morgan fingerprint density at radius 1 is 1.13 bits per heavy atom. The normalized spacial score (nSPS) is 15.4. The van der Waals surface area contributed by atoms with Gasteiger partial charge in [0.15, 0.2) is 0 Å². The van der Waals surface area contributed by atoms with E-state index in [0.717, 1.165) is 22.9 Å². The molecule has 1 aliphatic heterocycles. The highest BCUT2D eigenvalue weighted by Gasteiger charge is 2.34. The predicted molar refractivity (Wildman–Crippen MR) is 127 cm³/mol. The average Bonchev–Trinajstić information content (AvgIpc) is 2.93. The van der Waals surface area contributed by atoms with Crippen LogP contribution >= 0.6 is 66.8 Å². The molecule has 3 rings (SSSR count). The average molecular weight is 596 g/mol. The van der Waals surface area contributed by atoms with Gasteiger partial charge in [-0.1, -0.05) is 29.3 Å². The summed E-state index contributed by atoms with van der Waals surface area (Å²) in [4.78, 5) is 26.1. The molecule has 0 atom stereocenters. The molecule has 1 fully saturated rings. The fraction of sp³-hybridized carbons (Fsp3) is 0.200. The fourth-order valence-electron chi connectivity index (χ4n) is 2.62. The number of amides is 2. The number of nitrogens with zero attached hydrogens (tertiary/aromatic N) is 1. The Morgan fingerprint density at radius 2 is 1.83 bits per heavy atom. The first-order chi connectivity index (χ1) is 14.3. The van der Waals surface area contributed by atoms with Crippen molar-refractivity contribution < 1.29 is 19.1 Å². The third-order valence-corrected chi connectivity index (χ3v) is 6.77. The molecule has 0 radical (unpaired) electrons. The van der Waals surface area contributed by atoms with Crippen LogP contribution in [0.25, 0.3) is 6.08 Å². The van der Waals surface area contributed by atoms with Gasteiger partial charge in [0, 0.05) is 22.7 Å². The van der Waals surface area contributed by atoms with E-state index in [1.807, 2.05) is 12.1 Å². The maximum atomic E-state index is 12.5. The summed E-state index contributed by atoms with van der Waals surface area (Å²) in [6, 6.07) is 8.84. The van der Waals surface area contributed by atoms with E-state index < -0.39 is 0 Å². The molecule has 30 heavy (non-hydrogen) atoms. The van der Waals surface area contributed by atoms with Gasteiger partial charge in [-0.3, -0.25) is 14.5 Å². The highest BCUT2D eigenvalue weighted by molar-refractivity contribution is 9.11. The van der Waals surface area contributed by atoms with Gasteiger partial charge in [0.25, 0.3) is 11.1 Å². The fourth-order valence-corrected chi connectivity index (χ4v) is 5.39. The first-order valence-electron chi connectivity index (χ1n) is 8.60. The molecule has 0 N–H and O–H groups in total. The molecule has 0 saturated carbocycles. The topological polar surface area (TPSA) is 55.8 Å². The molecule has 0 bridgehead atoms. The monoisotopic (exact) mass is 593 g/mol. The third kappa shape index (κ3) is 5.60. The van der Waals surface area contributed by atoms with Crippen molar-refractivity contribution in [3.8, 4) is 5.75 Å². The zero-order chi connectivity index (χ0) is 21.8. The standard InChI is InChI=1S/C20H15Br2Cl2NO4S/c1-28-5-4-25-19(26)17(30-20(25)27)8-11-6-14(21)18(15(22)7-11)29-10-12-2-3-13(23)9-16(12)24/h2-3,6-9H,4-5,10H2,1H3/b17-8+. The van der Waals surface area contributed by atoms with Gasteiger partial charge in [-0.15, -0.1) is 0 Å². The quantitative estimate of drug-likeness (QED) is 0.330. The summed E-state index contributed by atoms with van der Waals surface area (Å²) in [6.07, 6.45) is 1.67. The molecule has 0 aliphatic carbocycles. The second-order valence-corrected chi connectivity index (χ2v) is 9.71. The largest absolute Gasteiger partial charge is 0.486 e. The van der Waals surface area contributed by atoms with Crippen molar-refractivity contribution in [3.63, 3.8) is 0 Å². The van der Waals surface area contributed by atoms with Crippen LogP contribution in [-0.2, 0) is 16.1 Å². The van der Waals surface area contributed by atoms with Crippen LogP contribution in [0.3, 0.4) is 0 Å². The van der Waals surface area contributed by atoms with Crippen molar-refractivity contribution >= 4 is 84.0 Å². The Labute approximate surface area is 204 Å². The number of carbonyl (C=O) groups is 2. The lowest BCUT2D eigenvalue weighted by molar-refractivity contribution is -0.123. The van der Waals surface area contributed by atoms with E-state index in [9.17, 15) is 9.59 Å². The van der Waals surface area contributed by atoms with Crippen LogP contribution in [0.2, 0.25) is 10.0 Å². The molecule has 2 aromatic rings. The highest BCUT2D eigenvalue weighted by atomic mass is 79.9. The first kappa shape index (κ1) is 23.6. The van der Waals surface area contributed by atoms with Crippen molar-refractivity contribution in [1.29, 1.82) is 0 Å². The second kappa shape index (κ2) is 10.5. The molecule has 2 aromatic carbocycles. The van der Waals surface area contributed by atoms with Crippen LogP contribution in [0.4, 0.5) is 4.79 Å². The summed E-state index contributed by atoms with van der Waals surface area (Å²) < 4.78 is 12.2. The van der Waals surface area contributed by atoms with Crippen LogP contribution < -0.4 is 4.74 Å². The number of hydrogen-bond acceptors (Lipinski definition) is 5. The summed E-state index contributed by atoms with van der Waals surface area (Å²) >= 11 is 20.0. The number of benzene rings is 2. The van der Waals surface area contributed by atoms with E-state index in [4.69, 9.17) is 32.7 Å². The molecule has 1 aliphatic rings. The molecule has 10 heteroatoms. The molecule has 0 aromatic heterocycles. The zero-order valence-corrected chi connectivity index (χ0v) is 21.1. The number of ether oxygens (including phenoxy) is 2. The lowest BCUT2D eigenvalue weighted by atomic mass is 10.2. The number of imide groups is 1. The van der Waals surface area contributed by atoms with E-state index >= 15 is 0 Å². The minimum Gasteiger partial charge on any atom is -0.486 e. The molecule has 158 valence electrons. The van der Waals surface area contributed by atoms with Gasteiger partial charge >= 0.3 is 0 Å². The van der Waals surface area contributed by atoms with E-state index in [2.05, 4.69) is 31.9 Å². The SMILES string of the molecule is COCCN1C(=O)S/C(=C/c2cc(Br)c(OCc3ccc(Cl)cc3Cl)c(Br)c2)C1=O. The first-order valence-corrected chi connectivity index (χ1v) is 11.8. The molecular weight excluding hydrogens is 581 g/mol. The van der Waals surface area contributed by atoms with Gasteiger partial charge in [0.2, 0.25) is 0 Å².